The van der Waals surface area contributed by atoms with Crippen LogP contribution in [0, 0.1) is 18.4 Å². The first-order valence-electron chi connectivity index (χ1n) is 8.59. The molecule has 0 heterocycles. The molecule has 27 heavy (non-hydrogen) atoms. The van der Waals surface area contributed by atoms with Gasteiger partial charge in [-0.05, 0) is 41.0 Å². The maximum atomic E-state index is 9.36. The average Bonchev–Trinajstić information content (AvgIpc) is 2.91. The molecule has 0 aliphatic heterocycles. The van der Waals surface area contributed by atoms with Gasteiger partial charge in [0.25, 0.3) is 0 Å². The average molecular weight is 464 g/mol. The van der Waals surface area contributed by atoms with Gasteiger partial charge in [0.15, 0.2) is 0 Å². The Labute approximate surface area is 198 Å². The van der Waals surface area contributed by atoms with Gasteiger partial charge in [0.1, 0.15) is 5.75 Å². The van der Waals surface area contributed by atoms with Crippen molar-refractivity contribution in [1.29, 1.82) is 0 Å². The fourth-order valence-corrected chi connectivity index (χ4v) is 2.12. The van der Waals surface area contributed by atoms with Gasteiger partial charge in [0.05, 0.1) is 0 Å². The summed E-state index contributed by atoms with van der Waals surface area (Å²) in [6, 6.07) is 5.71. The molecule has 0 atom stereocenters. The number of aromatic hydroxyl groups is 1. The van der Waals surface area contributed by atoms with E-state index in [0.717, 1.165) is 21.5 Å². The minimum Gasteiger partial charge on any atom is -0.508 e. The van der Waals surface area contributed by atoms with E-state index in [2.05, 4.69) is 78.9 Å². The SMILES string of the molecule is CC(C)(C)C1=[C-]CC=C1.C[Si]C.Cc1cc(O)cc(C(C)(C)C)c1.Cl.Cl.[Ti]. The van der Waals surface area contributed by atoms with Gasteiger partial charge in [0.2, 0.25) is 0 Å². The van der Waals surface area contributed by atoms with Crippen molar-refractivity contribution in [3.63, 3.8) is 0 Å². The summed E-state index contributed by atoms with van der Waals surface area (Å²) in [6.45, 7) is 19.4. The number of rotatable bonds is 0. The Hall–Kier alpha value is 0.0112. The third-order valence-electron chi connectivity index (χ3n) is 3.43. The standard InChI is InChI=1S/C11H16O.C9H13.C2H6Si.2ClH.Ti/c1-8-5-9(11(2,3)4)7-10(12)6-8;1-9(2,3)8-6-4-5-7-8;1-3-2;;;/h5-7,12H,1-4H3;4,6H,5H2,1-3H3;1-2H3;2*1H;/q;-1;;;;. The third-order valence-corrected chi connectivity index (χ3v) is 3.43. The zero-order valence-electron chi connectivity index (χ0n) is 18.4. The zero-order valence-corrected chi connectivity index (χ0v) is 22.6. The minimum absolute atomic E-state index is 0. The van der Waals surface area contributed by atoms with Crippen LogP contribution in [0.25, 0.3) is 0 Å². The van der Waals surface area contributed by atoms with Gasteiger partial charge >= 0.3 is 0 Å². The molecule has 0 saturated carbocycles. The predicted molar refractivity (Wildman–Crippen MR) is 123 cm³/mol. The second kappa shape index (κ2) is 15.9. The molecule has 0 aromatic heterocycles. The second-order valence-electron chi connectivity index (χ2n) is 8.25. The Morgan fingerprint density at radius 1 is 0.926 bits per heavy atom. The Kier molecular flexibility index (Phi) is 20.3. The molecule has 0 bridgehead atoms. The molecule has 5 heteroatoms. The normalized spacial score (nSPS) is 12.0. The molecule has 1 aromatic rings. The molecule has 1 aliphatic carbocycles. The van der Waals surface area contributed by atoms with Crippen LogP contribution in [0.2, 0.25) is 13.1 Å². The molecule has 0 unspecified atom stereocenters. The van der Waals surface area contributed by atoms with E-state index in [1.165, 1.54) is 11.1 Å². The van der Waals surface area contributed by atoms with Crippen molar-refractivity contribution in [3.05, 3.63) is 53.1 Å². The van der Waals surface area contributed by atoms with Crippen LogP contribution < -0.4 is 0 Å². The summed E-state index contributed by atoms with van der Waals surface area (Å²) < 4.78 is 0. The van der Waals surface area contributed by atoms with Crippen molar-refractivity contribution < 1.29 is 26.8 Å². The van der Waals surface area contributed by atoms with Gasteiger partial charge in [-0.1, -0.05) is 60.7 Å². The van der Waals surface area contributed by atoms with E-state index in [9.17, 15) is 5.11 Å². The first-order valence-corrected chi connectivity index (χ1v) is 10.6. The third kappa shape index (κ3) is 15.6. The van der Waals surface area contributed by atoms with Crippen LogP contribution in [0.3, 0.4) is 0 Å². The molecule has 154 valence electrons. The van der Waals surface area contributed by atoms with E-state index in [1.807, 2.05) is 13.0 Å². The van der Waals surface area contributed by atoms with Crippen molar-refractivity contribution in [3.8, 4) is 5.75 Å². The smallest absolute Gasteiger partial charge is 0.116 e. The largest absolute Gasteiger partial charge is 0.508 e. The quantitative estimate of drug-likeness (QED) is 0.315. The molecule has 2 rings (SSSR count). The number of allylic oxidation sites excluding steroid dienone is 4. The minimum atomic E-state index is 0. The first kappa shape index (κ1) is 34.5. The fraction of sp³-hybridized carbons (Fsp3) is 0.545. The molecular formula is C22H37Cl2OSiTi-. The summed E-state index contributed by atoms with van der Waals surface area (Å²) in [5, 5.41) is 9.36. The number of phenols is 1. The molecule has 2 radical (unpaired) electrons. The van der Waals surface area contributed by atoms with Crippen LogP contribution in [0.1, 0.15) is 59.1 Å². The summed E-state index contributed by atoms with van der Waals surface area (Å²) in [4.78, 5) is 0. The molecule has 1 N–H and O–H groups in total. The molecule has 0 saturated heterocycles. The summed E-state index contributed by atoms with van der Waals surface area (Å²) in [5.74, 6) is 0.361. The van der Waals surface area contributed by atoms with Gasteiger partial charge in [-0.2, -0.15) is 6.08 Å². The van der Waals surface area contributed by atoms with Crippen LogP contribution in [0.5, 0.6) is 5.75 Å². The van der Waals surface area contributed by atoms with Crippen LogP contribution >= 0.6 is 24.8 Å². The summed E-state index contributed by atoms with van der Waals surface area (Å²) in [7, 11) is 1.08. The molecule has 0 amide bonds. The molecule has 1 nitrogen and oxygen atoms in total. The van der Waals surface area contributed by atoms with E-state index in [1.54, 1.807) is 6.07 Å². The zero-order chi connectivity index (χ0) is 19.0. The number of benzene rings is 1. The topological polar surface area (TPSA) is 20.2 Å². The van der Waals surface area contributed by atoms with Crippen LogP contribution in [0.4, 0.5) is 0 Å². The maximum Gasteiger partial charge on any atom is 0.116 e. The Balaban J connectivity index is -0.000000159. The van der Waals surface area contributed by atoms with E-state index < -0.39 is 0 Å². The Morgan fingerprint density at radius 2 is 1.41 bits per heavy atom. The second-order valence-corrected chi connectivity index (χ2v) is 9.25. The predicted octanol–water partition coefficient (Wildman–Crippen LogP) is 7.35. The number of hydrogen-bond donors (Lipinski definition) is 1. The van der Waals surface area contributed by atoms with Gasteiger partial charge in [0, 0.05) is 31.2 Å². The van der Waals surface area contributed by atoms with Gasteiger partial charge in [-0.25, -0.2) is 11.6 Å². The van der Waals surface area contributed by atoms with Gasteiger partial charge in [-0.15, -0.1) is 31.2 Å². The summed E-state index contributed by atoms with van der Waals surface area (Å²) in [6.07, 6.45) is 8.63. The van der Waals surface area contributed by atoms with Gasteiger partial charge in [-0.3, -0.25) is 6.08 Å². The molecule has 0 spiro atoms. The number of hydrogen-bond acceptors (Lipinski definition) is 1. The Morgan fingerprint density at radius 3 is 1.67 bits per heavy atom. The van der Waals surface area contributed by atoms with Crippen molar-refractivity contribution >= 4 is 34.3 Å². The molecule has 1 aliphatic rings. The van der Waals surface area contributed by atoms with Gasteiger partial charge < -0.3 is 5.11 Å². The number of halogens is 2. The first-order chi connectivity index (χ1) is 10.9. The van der Waals surface area contributed by atoms with E-state index in [0.29, 0.717) is 11.2 Å². The van der Waals surface area contributed by atoms with Crippen LogP contribution in [-0.4, -0.2) is 14.6 Å². The van der Waals surface area contributed by atoms with Crippen molar-refractivity contribution in [1.82, 2.24) is 0 Å². The molecule has 1 aromatic carbocycles. The monoisotopic (exact) mass is 463 g/mol. The van der Waals surface area contributed by atoms with Crippen molar-refractivity contribution in [2.24, 2.45) is 5.41 Å². The van der Waals surface area contributed by atoms with E-state index in [4.69, 9.17) is 0 Å². The summed E-state index contributed by atoms with van der Waals surface area (Å²) >= 11 is 0. The van der Waals surface area contributed by atoms with Crippen molar-refractivity contribution in [2.45, 2.75) is 73.4 Å². The van der Waals surface area contributed by atoms with Crippen LogP contribution in [0.15, 0.2) is 35.9 Å². The maximum absolute atomic E-state index is 9.36. The number of phenolic OH excluding ortho intramolecular Hbond substituents is 1. The fourth-order valence-electron chi connectivity index (χ4n) is 2.12. The summed E-state index contributed by atoms with van der Waals surface area (Å²) in [5.41, 5.74) is 4.05. The Bertz CT molecular complexity index is 550. The van der Waals surface area contributed by atoms with Crippen LogP contribution in [-0.2, 0) is 27.1 Å². The molecular weight excluding hydrogens is 427 g/mol. The van der Waals surface area contributed by atoms with E-state index in [-0.39, 0.29) is 51.9 Å². The van der Waals surface area contributed by atoms with E-state index >= 15 is 0 Å². The number of aryl methyl sites for hydroxylation is 1. The van der Waals surface area contributed by atoms with Crippen molar-refractivity contribution in [2.75, 3.05) is 0 Å². The molecule has 0 fully saturated rings.